The Bertz CT molecular complexity index is 869. The molecule has 2 aliphatic rings. The molecule has 144 valence electrons. The Morgan fingerprint density at radius 2 is 1.81 bits per heavy atom. The molecule has 2 aromatic rings. The number of anilines is 1. The minimum absolute atomic E-state index is 0. The lowest BCUT2D eigenvalue weighted by Crippen LogP contribution is -3.00. The van der Waals surface area contributed by atoms with Gasteiger partial charge in [0, 0.05) is 11.3 Å². The second kappa shape index (κ2) is 7.86. The lowest BCUT2D eigenvalue weighted by Gasteiger charge is -2.29. The largest absolute Gasteiger partial charge is 1.00 e. The van der Waals surface area contributed by atoms with E-state index in [4.69, 9.17) is 4.74 Å². The zero-order valence-electron chi connectivity index (χ0n) is 15.9. The predicted octanol–water partition coefficient (Wildman–Crippen LogP) is 0.487. The molecule has 0 fully saturated rings. The van der Waals surface area contributed by atoms with E-state index in [2.05, 4.69) is 41.5 Å². The SMILES string of the molecule is COc1ccc(C)cc1N1C2=[N+](CCCS2)CC1(O)c1ccc(C)cc1.[Br-]. The number of benzene rings is 2. The first-order valence-electron chi connectivity index (χ1n) is 9.02. The molecule has 2 aromatic carbocycles. The van der Waals surface area contributed by atoms with Gasteiger partial charge in [0.15, 0.2) is 18.0 Å². The van der Waals surface area contributed by atoms with Gasteiger partial charge in [0.2, 0.25) is 0 Å². The Morgan fingerprint density at radius 3 is 2.52 bits per heavy atom. The van der Waals surface area contributed by atoms with Gasteiger partial charge in [-0.3, -0.25) is 0 Å². The first kappa shape index (κ1) is 20.2. The maximum atomic E-state index is 11.9. The number of methoxy groups -OCH3 is 1. The molecule has 4 nitrogen and oxygen atoms in total. The van der Waals surface area contributed by atoms with Gasteiger partial charge in [-0.1, -0.05) is 35.9 Å². The molecule has 0 aromatic heterocycles. The van der Waals surface area contributed by atoms with Crippen LogP contribution in [0.1, 0.15) is 23.1 Å². The van der Waals surface area contributed by atoms with Crippen LogP contribution in [0, 0.1) is 13.8 Å². The molecular weight excluding hydrogens is 424 g/mol. The molecule has 0 saturated carbocycles. The van der Waals surface area contributed by atoms with Gasteiger partial charge >= 0.3 is 5.17 Å². The van der Waals surface area contributed by atoms with Crippen LogP contribution in [0.15, 0.2) is 42.5 Å². The summed E-state index contributed by atoms with van der Waals surface area (Å²) in [6.07, 6.45) is 1.14. The maximum Gasteiger partial charge on any atom is 0.316 e. The monoisotopic (exact) mass is 448 g/mol. The van der Waals surface area contributed by atoms with Crippen LogP contribution in [0.5, 0.6) is 5.75 Å². The second-order valence-corrected chi connectivity index (χ2v) is 8.16. The summed E-state index contributed by atoms with van der Waals surface area (Å²) in [6, 6.07) is 14.3. The van der Waals surface area contributed by atoms with Gasteiger partial charge in [-0.2, -0.15) is 4.90 Å². The van der Waals surface area contributed by atoms with Gasteiger partial charge in [-0.15, -0.1) is 0 Å². The number of nitrogens with zero attached hydrogens (tertiary/aromatic N) is 2. The highest BCUT2D eigenvalue weighted by atomic mass is 79.9. The molecule has 0 amide bonds. The Balaban J connectivity index is 0.00000210. The number of hydrogen-bond donors (Lipinski definition) is 1. The van der Waals surface area contributed by atoms with E-state index in [-0.39, 0.29) is 17.0 Å². The number of aryl methyl sites for hydroxylation is 2. The van der Waals surface area contributed by atoms with E-state index in [0.717, 1.165) is 46.4 Å². The smallest absolute Gasteiger partial charge is 0.316 e. The molecule has 1 unspecified atom stereocenters. The molecule has 27 heavy (non-hydrogen) atoms. The first-order chi connectivity index (χ1) is 12.5. The minimum Gasteiger partial charge on any atom is -1.00 e. The highest BCUT2D eigenvalue weighted by Gasteiger charge is 2.56. The van der Waals surface area contributed by atoms with Crippen LogP contribution < -0.4 is 26.6 Å². The van der Waals surface area contributed by atoms with E-state index >= 15 is 0 Å². The van der Waals surface area contributed by atoms with Crippen molar-refractivity contribution in [2.75, 3.05) is 30.9 Å². The average Bonchev–Trinajstić information content (AvgIpc) is 2.95. The van der Waals surface area contributed by atoms with Crippen molar-refractivity contribution >= 4 is 22.6 Å². The van der Waals surface area contributed by atoms with Gasteiger partial charge < -0.3 is 26.8 Å². The number of halogens is 1. The molecule has 0 spiro atoms. The van der Waals surface area contributed by atoms with Crippen molar-refractivity contribution in [3.8, 4) is 5.75 Å². The molecule has 1 atom stereocenters. The third-order valence-electron chi connectivity index (χ3n) is 5.14. The molecule has 0 radical (unpaired) electrons. The summed E-state index contributed by atoms with van der Waals surface area (Å²) in [6.45, 7) is 5.68. The van der Waals surface area contributed by atoms with Gasteiger partial charge in [0.05, 0.1) is 13.7 Å². The van der Waals surface area contributed by atoms with Crippen molar-refractivity contribution in [2.45, 2.75) is 26.0 Å². The van der Waals surface area contributed by atoms with Crippen molar-refractivity contribution in [2.24, 2.45) is 0 Å². The van der Waals surface area contributed by atoms with E-state index < -0.39 is 5.72 Å². The van der Waals surface area contributed by atoms with Crippen molar-refractivity contribution in [3.05, 3.63) is 59.2 Å². The van der Waals surface area contributed by atoms with Crippen LogP contribution in [-0.4, -0.2) is 40.8 Å². The van der Waals surface area contributed by atoms with Gasteiger partial charge in [-0.05, 0) is 49.7 Å². The Hall–Kier alpha value is -1.50. The molecule has 1 N–H and O–H groups in total. The number of rotatable bonds is 3. The van der Waals surface area contributed by atoms with E-state index in [0.29, 0.717) is 6.54 Å². The van der Waals surface area contributed by atoms with Crippen LogP contribution in [0.2, 0.25) is 0 Å². The number of aliphatic hydroxyl groups is 1. The first-order valence-corrected chi connectivity index (χ1v) is 10.0. The summed E-state index contributed by atoms with van der Waals surface area (Å²) in [5.74, 6) is 1.85. The van der Waals surface area contributed by atoms with E-state index in [1.54, 1.807) is 7.11 Å². The Kier molecular flexibility index (Phi) is 5.89. The fourth-order valence-electron chi connectivity index (χ4n) is 3.77. The molecule has 0 saturated heterocycles. The van der Waals surface area contributed by atoms with Crippen LogP contribution in [0.4, 0.5) is 5.69 Å². The minimum atomic E-state index is -1.11. The second-order valence-electron chi connectivity index (χ2n) is 7.10. The van der Waals surface area contributed by atoms with Gasteiger partial charge in [0.1, 0.15) is 0 Å². The fourth-order valence-corrected chi connectivity index (χ4v) is 4.94. The number of amidine groups is 1. The summed E-state index contributed by atoms with van der Waals surface area (Å²) < 4.78 is 7.95. The molecule has 0 bridgehead atoms. The third-order valence-corrected chi connectivity index (χ3v) is 6.33. The molecule has 6 heteroatoms. The van der Waals surface area contributed by atoms with Gasteiger partial charge in [0.25, 0.3) is 5.72 Å². The summed E-state index contributed by atoms with van der Waals surface area (Å²) in [4.78, 5) is 2.08. The van der Waals surface area contributed by atoms with Crippen LogP contribution in [-0.2, 0) is 5.72 Å². The van der Waals surface area contributed by atoms with E-state index in [9.17, 15) is 5.11 Å². The molecule has 0 aliphatic carbocycles. The fraction of sp³-hybridized carbons (Fsp3) is 0.381. The van der Waals surface area contributed by atoms with Crippen LogP contribution in [0.3, 0.4) is 0 Å². The lowest BCUT2D eigenvalue weighted by molar-refractivity contribution is -0.532. The van der Waals surface area contributed by atoms with Crippen molar-refractivity contribution in [1.29, 1.82) is 0 Å². The molecule has 4 rings (SSSR count). The summed E-state index contributed by atoms with van der Waals surface area (Å²) in [7, 11) is 1.69. The Labute approximate surface area is 175 Å². The number of ether oxygens (including phenoxy) is 1. The van der Waals surface area contributed by atoms with Crippen molar-refractivity contribution < 1.29 is 31.4 Å². The molecular formula is C21H25BrN2O2S. The molecule has 2 heterocycles. The topological polar surface area (TPSA) is 35.7 Å². The van der Waals surface area contributed by atoms with Crippen LogP contribution in [0.25, 0.3) is 0 Å². The molecule has 2 aliphatic heterocycles. The summed E-state index contributed by atoms with van der Waals surface area (Å²) in [5.41, 5.74) is 3.06. The quantitative estimate of drug-likeness (QED) is 0.693. The normalized spacial score (nSPS) is 21.7. The van der Waals surface area contributed by atoms with Crippen molar-refractivity contribution in [1.82, 2.24) is 0 Å². The maximum absolute atomic E-state index is 11.9. The van der Waals surface area contributed by atoms with Gasteiger partial charge in [-0.25, -0.2) is 4.58 Å². The lowest BCUT2D eigenvalue weighted by atomic mass is 9.99. The number of hydrogen-bond acceptors (Lipinski definition) is 4. The predicted molar refractivity (Wildman–Crippen MR) is 107 cm³/mol. The summed E-state index contributed by atoms with van der Waals surface area (Å²) in [5, 5.41) is 13.0. The van der Waals surface area contributed by atoms with E-state index in [1.807, 2.05) is 36.0 Å². The zero-order valence-corrected chi connectivity index (χ0v) is 18.3. The average molecular weight is 449 g/mol. The standard InChI is InChI=1S/C21H25N2O2S.BrH/c1-15-5-8-17(9-6-15)21(24)14-22-11-4-12-26-20(22)23(21)18-13-16(2)7-10-19(18)25-3;/h5-10,13,24H,4,11-12,14H2,1-3H3;1H/q+1;/p-1. The zero-order chi connectivity index (χ0) is 18.3. The number of thioether (sulfide) groups is 1. The summed E-state index contributed by atoms with van der Waals surface area (Å²) >= 11 is 1.81. The van der Waals surface area contributed by atoms with E-state index in [1.165, 1.54) is 5.56 Å². The third kappa shape index (κ3) is 3.50. The van der Waals surface area contributed by atoms with Crippen LogP contribution >= 0.6 is 11.8 Å². The highest BCUT2D eigenvalue weighted by molar-refractivity contribution is 8.14. The highest BCUT2D eigenvalue weighted by Crippen LogP contribution is 2.43. The Morgan fingerprint density at radius 1 is 1.11 bits per heavy atom. The van der Waals surface area contributed by atoms with Crippen molar-refractivity contribution in [3.63, 3.8) is 0 Å².